The average molecular weight is 266 g/mol. The van der Waals surface area contributed by atoms with Crippen LogP contribution in [0.15, 0.2) is 0 Å². The van der Waals surface area contributed by atoms with Gasteiger partial charge in [-0.3, -0.25) is 9.69 Å². The molecule has 19 heavy (non-hydrogen) atoms. The molecule has 3 rings (SSSR count). The molecule has 0 aromatic heterocycles. The number of rotatable bonds is 6. The van der Waals surface area contributed by atoms with Crippen LogP contribution in [0.4, 0.5) is 0 Å². The molecule has 1 saturated heterocycles. The van der Waals surface area contributed by atoms with Gasteiger partial charge in [-0.2, -0.15) is 0 Å². The zero-order chi connectivity index (χ0) is 13.2. The highest BCUT2D eigenvalue weighted by Gasteiger charge is 2.34. The standard InChI is InChI=1S/C15H26N2O2/c1-19-15(18)10-17-8-12(6-11-2-3-11)7-14(9-17)16-13-4-5-13/h11-14,16H,2-10H2,1H3. The Hall–Kier alpha value is -0.610. The smallest absolute Gasteiger partial charge is 0.319 e. The molecule has 2 atom stereocenters. The molecule has 2 unspecified atom stereocenters. The van der Waals surface area contributed by atoms with Gasteiger partial charge in [0.2, 0.25) is 0 Å². The van der Waals surface area contributed by atoms with Crippen LogP contribution in [0.25, 0.3) is 0 Å². The SMILES string of the molecule is COC(=O)CN1CC(CC2CC2)CC(NC2CC2)C1. The van der Waals surface area contributed by atoms with Gasteiger partial charge in [-0.05, 0) is 37.5 Å². The normalized spacial score (nSPS) is 32.3. The lowest BCUT2D eigenvalue weighted by atomic mass is 9.89. The lowest BCUT2D eigenvalue weighted by Crippen LogP contribution is -2.51. The van der Waals surface area contributed by atoms with Gasteiger partial charge in [-0.15, -0.1) is 0 Å². The second-order valence-electron chi connectivity index (χ2n) is 6.69. The lowest BCUT2D eigenvalue weighted by Gasteiger charge is -2.38. The number of hydrogen-bond acceptors (Lipinski definition) is 4. The van der Waals surface area contributed by atoms with Crippen LogP contribution in [0, 0.1) is 11.8 Å². The Kier molecular flexibility index (Phi) is 4.08. The van der Waals surface area contributed by atoms with Crippen LogP contribution in [0.1, 0.15) is 38.5 Å². The molecule has 0 aromatic rings. The van der Waals surface area contributed by atoms with Crippen molar-refractivity contribution in [3.05, 3.63) is 0 Å². The Morgan fingerprint density at radius 3 is 2.58 bits per heavy atom. The molecule has 0 amide bonds. The molecular formula is C15H26N2O2. The number of hydrogen-bond donors (Lipinski definition) is 1. The number of carbonyl (C=O) groups is 1. The van der Waals surface area contributed by atoms with Crippen LogP contribution in [-0.2, 0) is 9.53 Å². The fraction of sp³-hybridized carbons (Fsp3) is 0.933. The molecular weight excluding hydrogens is 240 g/mol. The van der Waals surface area contributed by atoms with Crippen LogP contribution in [0.5, 0.6) is 0 Å². The topological polar surface area (TPSA) is 41.6 Å². The van der Waals surface area contributed by atoms with Crippen molar-refractivity contribution in [3.63, 3.8) is 0 Å². The highest BCUT2D eigenvalue weighted by Crippen LogP contribution is 2.38. The van der Waals surface area contributed by atoms with Crippen LogP contribution < -0.4 is 5.32 Å². The second kappa shape index (κ2) is 5.80. The van der Waals surface area contributed by atoms with Gasteiger partial charge in [0, 0.05) is 25.2 Å². The third-order valence-electron chi connectivity index (χ3n) is 4.61. The molecule has 3 fully saturated rings. The van der Waals surface area contributed by atoms with Crippen LogP contribution >= 0.6 is 0 Å². The number of esters is 1. The first-order chi connectivity index (χ1) is 9.22. The van der Waals surface area contributed by atoms with Gasteiger partial charge in [-0.25, -0.2) is 0 Å². The summed E-state index contributed by atoms with van der Waals surface area (Å²) in [6, 6.07) is 1.33. The first kappa shape index (κ1) is 13.4. The quantitative estimate of drug-likeness (QED) is 0.738. The minimum atomic E-state index is -0.0998. The summed E-state index contributed by atoms with van der Waals surface area (Å²) in [6.07, 6.45) is 8.18. The summed E-state index contributed by atoms with van der Waals surface area (Å²) in [6.45, 7) is 2.54. The van der Waals surface area contributed by atoms with E-state index in [4.69, 9.17) is 4.74 Å². The van der Waals surface area contributed by atoms with Crippen LogP contribution in [-0.4, -0.2) is 49.7 Å². The largest absolute Gasteiger partial charge is 0.468 e. The maximum Gasteiger partial charge on any atom is 0.319 e. The number of carbonyl (C=O) groups excluding carboxylic acids is 1. The molecule has 3 aliphatic rings. The molecule has 4 heteroatoms. The summed E-state index contributed by atoms with van der Waals surface area (Å²) < 4.78 is 4.81. The van der Waals surface area contributed by atoms with Crippen LogP contribution in [0.3, 0.4) is 0 Å². The van der Waals surface area contributed by atoms with Gasteiger partial charge in [0.05, 0.1) is 13.7 Å². The Balaban J connectivity index is 1.53. The van der Waals surface area contributed by atoms with E-state index in [1.165, 1.54) is 45.6 Å². The summed E-state index contributed by atoms with van der Waals surface area (Å²) in [5, 5.41) is 3.74. The predicted molar refractivity (Wildman–Crippen MR) is 73.8 cm³/mol. The van der Waals surface area contributed by atoms with Crippen molar-refractivity contribution in [2.75, 3.05) is 26.7 Å². The number of likely N-dealkylation sites (tertiary alicyclic amines) is 1. The van der Waals surface area contributed by atoms with Crippen molar-refractivity contribution in [2.45, 2.75) is 50.6 Å². The molecule has 1 N–H and O–H groups in total. The maximum atomic E-state index is 11.5. The van der Waals surface area contributed by atoms with E-state index in [-0.39, 0.29) is 5.97 Å². The fourth-order valence-electron chi connectivity index (χ4n) is 3.38. The van der Waals surface area contributed by atoms with E-state index in [1.807, 2.05) is 0 Å². The Morgan fingerprint density at radius 2 is 1.95 bits per heavy atom. The summed E-state index contributed by atoms with van der Waals surface area (Å²) in [7, 11) is 1.48. The Labute approximate surface area is 115 Å². The monoisotopic (exact) mass is 266 g/mol. The number of piperidine rings is 1. The van der Waals surface area contributed by atoms with Gasteiger partial charge in [0.25, 0.3) is 0 Å². The van der Waals surface area contributed by atoms with E-state index in [9.17, 15) is 4.79 Å². The van der Waals surface area contributed by atoms with E-state index in [1.54, 1.807) is 0 Å². The third kappa shape index (κ3) is 4.18. The second-order valence-corrected chi connectivity index (χ2v) is 6.69. The molecule has 0 bridgehead atoms. The zero-order valence-corrected chi connectivity index (χ0v) is 11.9. The van der Waals surface area contributed by atoms with Crippen LogP contribution in [0.2, 0.25) is 0 Å². The molecule has 2 saturated carbocycles. The van der Waals surface area contributed by atoms with Gasteiger partial charge in [0.15, 0.2) is 0 Å². The summed E-state index contributed by atoms with van der Waals surface area (Å²) >= 11 is 0. The highest BCUT2D eigenvalue weighted by atomic mass is 16.5. The minimum Gasteiger partial charge on any atom is -0.468 e. The van der Waals surface area contributed by atoms with Crippen molar-refractivity contribution in [2.24, 2.45) is 11.8 Å². The molecule has 0 radical (unpaired) electrons. The van der Waals surface area contributed by atoms with Gasteiger partial charge in [-0.1, -0.05) is 12.8 Å². The number of methoxy groups -OCH3 is 1. The molecule has 108 valence electrons. The van der Waals surface area contributed by atoms with Gasteiger partial charge < -0.3 is 10.1 Å². The lowest BCUT2D eigenvalue weighted by molar-refractivity contribution is -0.142. The maximum absolute atomic E-state index is 11.5. The van der Waals surface area contributed by atoms with Crippen molar-refractivity contribution < 1.29 is 9.53 Å². The van der Waals surface area contributed by atoms with E-state index >= 15 is 0 Å². The van der Waals surface area contributed by atoms with Crippen molar-refractivity contribution >= 4 is 5.97 Å². The molecule has 0 spiro atoms. The Morgan fingerprint density at radius 1 is 1.16 bits per heavy atom. The molecule has 2 aliphatic carbocycles. The molecule has 0 aromatic carbocycles. The fourth-order valence-corrected chi connectivity index (χ4v) is 3.38. The first-order valence-corrected chi connectivity index (χ1v) is 7.78. The number of ether oxygens (including phenoxy) is 1. The number of nitrogens with one attached hydrogen (secondary N) is 1. The van der Waals surface area contributed by atoms with Gasteiger partial charge in [0.1, 0.15) is 0 Å². The molecule has 4 nitrogen and oxygen atoms in total. The number of nitrogens with zero attached hydrogens (tertiary/aromatic N) is 1. The summed E-state index contributed by atoms with van der Waals surface area (Å²) in [5.74, 6) is 1.64. The predicted octanol–water partition coefficient (Wildman–Crippen LogP) is 1.40. The molecule has 1 aliphatic heterocycles. The van der Waals surface area contributed by atoms with E-state index in [0.29, 0.717) is 12.6 Å². The van der Waals surface area contributed by atoms with Gasteiger partial charge >= 0.3 is 5.97 Å². The molecule has 1 heterocycles. The summed E-state index contributed by atoms with van der Waals surface area (Å²) in [4.78, 5) is 13.8. The van der Waals surface area contributed by atoms with E-state index in [0.717, 1.165) is 31.0 Å². The zero-order valence-electron chi connectivity index (χ0n) is 11.9. The average Bonchev–Trinajstić information content (AvgIpc) is 3.25. The van der Waals surface area contributed by atoms with Crippen molar-refractivity contribution in [1.29, 1.82) is 0 Å². The van der Waals surface area contributed by atoms with Crippen molar-refractivity contribution in [3.8, 4) is 0 Å². The minimum absolute atomic E-state index is 0.0998. The van der Waals surface area contributed by atoms with Crippen molar-refractivity contribution in [1.82, 2.24) is 10.2 Å². The highest BCUT2D eigenvalue weighted by molar-refractivity contribution is 5.71. The Bertz CT molecular complexity index is 304. The van der Waals surface area contributed by atoms with E-state index in [2.05, 4.69) is 10.2 Å². The third-order valence-corrected chi connectivity index (χ3v) is 4.61. The first-order valence-electron chi connectivity index (χ1n) is 7.78. The van der Waals surface area contributed by atoms with E-state index < -0.39 is 0 Å². The summed E-state index contributed by atoms with van der Waals surface area (Å²) in [5.41, 5.74) is 0.